The van der Waals surface area contributed by atoms with Crippen molar-refractivity contribution in [3.05, 3.63) is 16.5 Å². The van der Waals surface area contributed by atoms with Crippen molar-refractivity contribution in [2.24, 2.45) is 0 Å². The molecule has 1 aliphatic heterocycles. The zero-order chi connectivity index (χ0) is 13.0. The Morgan fingerprint density at radius 3 is 2.50 bits per heavy atom. The number of piperazine rings is 1. The Bertz CT molecular complexity index is 389. The minimum Gasteiger partial charge on any atom is -0.354 e. The van der Waals surface area contributed by atoms with E-state index in [1.807, 2.05) is 6.07 Å². The van der Waals surface area contributed by atoms with E-state index in [0.717, 1.165) is 61.8 Å². The second kappa shape index (κ2) is 6.48. The van der Waals surface area contributed by atoms with Crippen molar-refractivity contribution in [3.8, 4) is 0 Å². The predicted octanol–water partition coefficient (Wildman–Crippen LogP) is 2.33. The first-order chi connectivity index (χ1) is 8.72. The van der Waals surface area contributed by atoms with Crippen LogP contribution in [-0.4, -0.2) is 47.6 Å². The molecule has 2 rings (SSSR count). The number of likely N-dealkylation sites (N-methyl/N-ethyl adjacent to an activating group) is 1. The first-order valence-corrected chi connectivity index (χ1v) is 7.53. The molecule has 0 amide bonds. The molecular weight excluding hydrogens is 292 g/mol. The fourth-order valence-electron chi connectivity index (χ4n) is 2.24. The molecule has 100 valence electrons. The van der Waals surface area contributed by atoms with E-state index in [4.69, 9.17) is 0 Å². The maximum atomic E-state index is 4.66. The molecule has 0 saturated carbocycles. The lowest BCUT2D eigenvalue weighted by Gasteiger charge is -2.34. The molecule has 1 fully saturated rings. The fourth-order valence-corrected chi connectivity index (χ4v) is 2.65. The quantitative estimate of drug-likeness (QED) is 0.799. The molecule has 1 aromatic rings. The summed E-state index contributed by atoms with van der Waals surface area (Å²) in [5.41, 5.74) is 0. The number of aryl methyl sites for hydroxylation is 1. The van der Waals surface area contributed by atoms with Crippen molar-refractivity contribution < 1.29 is 0 Å². The summed E-state index contributed by atoms with van der Waals surface area (Å²) in [5.74, 6) is 2.01. The van der Waals surface area contributed by atoms with Gasteiger partial charge in [-0.1, -0.05) is 13.8 Å². The maximum Gasteiger partial charge on any atom is 0.133 e. The van der Waals surface area contributed by atoms with Crippen molar-refractivity contribution in [2.45, 2.75) is 26.7 Å². The summed E-state index contributed by atoms with van der Waals surface area (Å²) in [6, 6.07) is 2.03. The third-order valence-electron chi connectivity index (χ3n) is 3.34. The van der Waals surface area contributed by atoms with Gasteiger partial charge in [0.15, 0.2) is 0 Å². The second-order valence-corrected chi connectivity index (χ2v) is 5.45. The maximum absolute atomic E-state index is 4.66. The zero-order valence-electron chi connectivity index (χ0n) is 11.2. The van der Waals surface area contributed by atoms with Crippen molar-refractivity contribution >= 4 is 21.7 Å². The molecule has 0 N–H and O–H groups in total. The van der Waals surface area contributed by atoms with Crippen LogP contribution in [0.3, 0.4) is 0 Å². The van der Waals surface area contributed by atoms with Gasteiger partial charge in [0.05, 0.1) is 0 Å². The number of hydrogen-bond acceptors (Lipinski definition) is 4. The van der Waals surface area contributed by atoms with E-state index in [1.54, 1.807) is 0 Å². The summed E-state index contributed by atoms with van der Waals surface area (Å²) in [6.45, 7) is 9.89. The lowest BCUT2D eigenvalue weighted by atomic mass is 10.3. The molecule has 1 aromatic heterocycles. The molecule has 1 aliphatic rings. The SMILES string of the molecule is CCCc1nc(Br)cc(N2CCN(CC)CC2)n1. The van der Waals surface area contributed by atoms with E-state index in [2.05, 4.69) is 49.5 Å². The van der Waals surface area contributed by atoms with Crippen molar-refractivity contribution in [2.75, 3.05) is 37.6 Å². The molecule has 0 aromatic carbocycles. The number of hydrogen-bond donors (Lipinski definition) is 0. The van der Waals surface area contributed by atoms with Crippen LogP contribution in [0.2, 0.25) is 0 Å². The molecule has 2 heterocycles. The van der Waals surface area contributed by atoms with Gasteiger partial charge < -0.3 is 9.80 Å². The van der Waals surface area contributed by atoms with Gasteiger partial charge in [0.2, 0.25) is 0 Å². The van der Waals surface area contributed by atoms with E-state index in [9.17, 15) is 0 Å². The Morgan fingerprint density at radius 1 is 1.17 bits per heavy atom. The van der Waals surface area contributed by atoms with Gasteiger partial charge >= 0.3 is 0 Å². The molecule has 5 heteroatoms. The molecule has 1 saturated heterocycles. The zero-order valence-corrected chi connectivity index (χ0v) is 12.8. The molecule has 18 heavy (non-hydrogen) atoms. The van der Waals surface area contributed by atoms with Gasteiger partial charge in [-0.05, 0) is 28.9 Å². The van der Waals surface area contributed by atoms with Gasteiger partial charge in [-0.15, -0.1) is 0 Å². The Hall–Kier alpha value is -0.680. The van der Waals surface area contributed by atoms with Crippen LogP contribution in [0.25, 0.3) is 0 Å². The van der Waals surface area contributed by atoms with Crippen molar-refractivity contribution in [1.82, 2.24) is 14.9 Å². The van der Waals surface area contributed by atoms with Crippen LogP contribution >= 0.6 is 15.9 Å². The molecule has 0 spiro atoms. The van der Waals surface area contributed by atoms with Crippen LogP contribution < -0.4 is 4.90 Å². The van der Waals surface area contributed by atoms with Gasteiger partial charge in [0, 0.05) is 38.7 Å². The molecule has 0 bridgehead atoms. The first-order valence-electron chi connectivity index (χ1n) is 6.73. The van der Waals surface area contributed by atoms with Gasteiger partial charge in [-0.3, -0.25) is 0 Å². The Kier molecular flexibility index (Phi) is 4.95. The second-order valence-electron chi connectivity index (χ2n) is 4.64. The number of aromatic nitrogens is 2. The van der Waals surface area contributed by atoms with Gasteiger partial charge in [-0.2, -0.15) is 0 Å². The highest BCUT2D eigenvalue weighted by Gasteiger charge is 2.17. The topological polar surface area (TPSA) is 32.3 Å². The molecule has 0 aliphatic carbocycles. The average Bonchev–Trinajstić information content (AvgIpc) is 2.38. The third-order valence-corrected chi connectivity index (χ3v) is 3.75. The largest absolute Gasteiger partial charge is 0.354 e. The highest BCUT2D eigenvalue weighted by molar-refractivity contribution is 9.10. The summed E-state index contributed by atoms with van der Waals surface area (Å²) in [4.78, 5) is 13.9. The standard InChI is InChI=1S/C13H21BrN4/c1-3-5-12-15-11(14)10-13(16-12)18-8-6-17(4-2)7-9-18/h10H,3-9H2,1-2H3. The molecular formula is C13H21BrN4. The number of rotatable bonds is 4. The van der Waals surface area contributed by atoms with Crippen LogP contribution in [0.15, 0.2) is 10.7 Å². The Balaban J connectivity index is 2.08. The normalized spacial score (nSPS) is 17.2. The lowest BCUT2D eigenvalue weighted by Crippen LogP contribution is -2.46. The van der Waals surface area contributed by atoms with Crippen LogP contribution in [0.4, 0.5) is 5.82 Å². The van der Waals surface area contributed by atoms with Crippen LogP contribution in [0.5, 0.6) is 0 Å². The molecule has 4 nitrogen and oxygen atoms in total. The lowest BCUT2D eigenvalue weighted by molar-refractivity contribution is 0.270. The van der Waals surface area contributed by atoms with E-state index >= 15 is 0 Å². The van der Waals surface area contributed by atoms with Crippen molar-refractivity contribution in [1.29, 1.82) is 0 Å². The van der Waals surface area contributed by atoms with Gasteiger partial charge in [-0.25, -0.2) is 9.97 Å². The average molecular weight is 313 g/mol. The van der Waals surface area contributed by atoms with E-state index < -0.39 is 0 Å². The fraction of sp³-hybridized carbons (Fsp3) is 0.692. The summed E-state index contributed by atoms with van der Waals surface area (Å²) in [7, 11) is 0. The number of halogens is 1. The summed E-state index contributed by atoms with van der Waals surface area (Å²) < 4.78 is 0.897. The molecule has 0 unspecified atom stereocenters. The van der Waals surface area contributed by atoms with E-state index in [-0.39, 0.29) is 0 Å². The predicted molar refractivity (Wildman–Crippen MR) is 78.1 cm³/mol. The van der Waals surface area contributed by atoms with Crippen LogP contribution in [-0.2, 0) is 6.42 Å². The van der Waals surface area contributed by atoms with E-state index in [0.29, 0.717) is 0 Å². The Labute approximate surface area is 118 Å². The monoisotopic (exact) mass is 312 g/mol. The molecule has 0 radical (unpaired) electrons. The highest BCUT2D eigenvalue weighted by Crippen LogP contribution is 2.18. The summed E-state index contributed by atoms with van der Waals surface area (Å²) >= 11 is 3.49. The Morgan fingerprint density at radius 2 is 1.89 bits per heavy atom. The van der Waals surface area contributed by atoms with Gasteiger partial charge in [0.25, 0.3) is 0 Å². The molecule has 0 atom stereocenters. The third kappa shape index (κ3) is 3.42. The smallest absolute Gasteiger partial charge is 0.133 e. The first kappa shape index (κ1) is 13.7. The summed E-state index contributed by atoms with van der Waals surface area (Å²) in [5, 5.41) is 0. The van der Waals surface area contributed by atoms with E-state index in [1.165, 1.54) is 0 Å². The minimum atomic E-state index is 0.897. The van der Waals surface area contributed by atoms with Crippen LogP contribution in [0, 0.1) is 0 Å². The van der Waals surface area contributed by atoms with Crippen molar-refractivity contribution in [3.63, 3.8) is 0 Å². The summed E-state index contributed by atoms with van der Waals surface area (Å²) in [6.07, 6.45) is 2.03. The number of nitrogens with zero attached hydrogens (tertiary/aromatic N) is 4. The van der Waals surface area contributed by atoms with Gasteiger partial charge in [0.1, 0.15) is 16.2 Å². The number of anilines is 1. The minimum absolute atomic E-state index is 0.897. The highest BCUT2D eigenvalue weighted by atomic mass is 79.9. The van der Waals surface area contributed by atoms with Crippen LogP contribution in [0.1, 0.15) is 26.1 Å².